The highest BCUT2D eigenvalue weighted by Gasteiger charge is 2.12. The van der Waals surface area contributed by atoms with E-state index in [2.05, 4.69) is 41.6 Å². The molecule has 1 unspecified atom stereocenters. The quantitative estimate of drug-likeness (QED) is 0.870. The third-order valence-electron chi connectivity index (χ3n) is 3.07. The van der Waals surface area contributed by atoms with Crippen LogP contribution in [0.2, 0.25) is 0 Å². The lowest BCUT2D eigenvalue weighted by atomic mass is 10.1. The second-order valence-corrected chi connectivity index (χ2v) is 4.46. The summed E-state index contributed by atoms with van der Waals surface area (Å²) in [7, 11) is 3.59. The molecule has 0 aliphatic rings. The van der Waals surface area contributed by atoms with Crippen molar-refractivity contribution < 1.29 is 0 Å². The van der Waals surface area contributed by atoms with Crippen molar-refractivity contribution in [2.75, 3.05) is 7.05 Å². The number of nitrogens with one attached hydrogen (secondary N) is 1. The van der Waals surface area contributed by atoms with Crippen molar-refractivity contribution in [1.29, 1.82) is 0 Å². The van der Waals surface area contributed by atoms with Crippen molar-refractivity contribution in [1.82, 2.24) is 19.7 Å². The molecule has 0 bridgehead atoms. The van der Waals surface area contributed by atoms with Crippen LogP contribution in [0.15, 0.2) is 35.4 Å². The maximum Gasteiger partial charge on any atom is 0.345 e. The monoisotopic (exact) mass is 246 g/mol. The molecule has 5 heteroatoms. The Bertz CT molecular complexity index is 567. The Balaban J connectivity index is 2.22. The summed E-state index contributed by atoms with van der Waals surface area (Å²) >= 11 is 0. The molecule has 0 saturated heterocycles. The number of nitrogens with zero attached hydrogens (tertiary/aromatic N) is 3. The fraction of sp³-hybridized carbons (Fsp3) is 0.385. The van der Waals surface area contributed by atoms with Crippen LogP contribution in [0, 0.1) is 6.92 Å². The van der Waals surface area contributed by atoms with Gasteiger partial charge in [-0.25, -0.2) is 9.48 Å². The van der Waals surface area contributed by atoms with Gasteiger partial charge < -0.3 is 5.32 Å². The highest BCUT2D eigenvalue weighted by molar-refractivity contribution is 5.23. The van der Waals surface area contributed by atoms with Gasteiger partial charge in [0, 0.05) is 7.05 Å². The predicted molar refractivity (Wildman–Crippen MR) is 70.4 cm³/mol. The topological polar surface area (TPSA) is 51.9 Å². The molecule has 0 amide bonds. The standard InChI is InChI=1S/C13H18N4O/c1-10-4-6-11(7-5-10)12(14-2)8-17-13(18)16(3)9-15-17/h4-7,9,12,14H,8H2,1-3H3. The fourth-order valence-electron chi connectivity index (χ4n) is 1.88. The summed E-state index contributed by atoms with van der Waals surface area (Å²) in [6, 6.07) is 8.37. The second-order valence-electron chi connectivity index (χ2n) is 4.46. The summed E-state index contributed by atoms with van der Waals surface area (Å²) in [5, 5.41) is 7.29. The van der Waals surface area contributed by atoms with Crippen LogP contribution in [0.5, 0.6) is 0 Å². The van der Waals surface area contributed by atoms with Gasteiger partial charge in [-0.2, -0.15) is 5.10 Å². The summed E-state index contributed by atoms with van der Waals surface area (Å²) in [6.45, 7) is 2.58. The van der Waals surface area contributed by atoms with Crippen LogP contribution in [-0.2, 0) is 13.6 Å². The minimum Gasteiger partial charge on any atom is -0.311 e. The highest BCUT2D eigenvalue weighted by atomic mass is 16.2. The zero-order chi connectivity index (χ0) is 13.1. The van der Waals surface area contributed by atoms with Gasteiger partial charge >= 0.3 is 5.69 Å². The van der Waals surface area contributed by atoms with Crippen LogP contribution in [0.3, 0.4) is 0 Å². The molecule has 5 nitrogen and oxygen atoms in total. The number of likely N-dealkylation sites (N-methyl/N-ethyl adjacent to an activating group) is 1. The van der Waals surface area contributed by atoms with Crippen LogP contribution in [0.4, 0.5) is 0 Å². The van der Waals surface area contributed by atoms with E-state index in [9.17, 15) is 4.79 Å². The Hall–Kier alpha value is -1.88. The van der Waals surface area contributed by atoms with Crippen molar-refractivity contribution in [3.05, 3.63) is 52.2 Å². The number of benzene rings is 1. The Kier molecular flexibility index (Phi) is 3.62. The molecule has 1 aromatic carbocycles. The van der Waals surface area contributed by atoms with Gasteiger partial charge in [0.25, 0.3) is 0 Å². The third kappa shape index (κ3) is 2.51. The minimum absolute atomic E-state index is 0.0817. The van der Waals surface area contributed by atoms with Crippen molar-refractivity contribution >= 4 is 0 Å². The summed E-state index contributed by atoms with van der Waals surface area (Å²) < 4.78 is 2.95. The lowest BCUT2D eigenvalue weighted by Crippen LogP contribution is -2.30. The first-order chi connectivity index (χ1) is 8.61. The highest BCUT2D eigenvalue weighted by Crippen LogP contribution is 2.14. The van der Waals surface area contributed by atoms with Gasteiger partial charge in [0.2, 0.25) is 0 Å². The number of hydrogen-bond donors (Lipinski definition) is 1. The first-order valence-corrected chi connectivity index (χ1v) is 5.94. The minimum atomic E-state index is -0.0950. The Labute approximate surface area is 106 Å². The number of hydrogen-bond acceptors (Lipinski definition) is 3. The molecule has 1 atom stereocenters. The smallest absolute Gasteiger partial charge is 0.311 e. The zero-order valence-electron chi connectivity index (χ0n) is 10.9. The van der Waals surface area contributed by atoms with Crippen LogP contribution < -0.4 is 11.0 Å². The molecule has 0 radical (unpaired) electrons. The largest absolute Gasteiger partial charge is 0.345 e. The van der Waals surface area contributed by atoms with Crippen LogP contribution in [-0.4, -0.2) is 21.4 Å². The Morgan fingerprint density at radius 3 is 2.50 bits per heavy atom. The van der Waals surface area contributed by atoms with Gasteiger partial charge in [-0.1, -0.05) is 29.8 Å². The van der Waals surface area contributed by atoms with E-state index in [1.165, 1.54) is 21.1 Å². The van der Waals surface area contributed by atoms with Gasteiger partial charge in [0.15, 0.2) is 0 Å². The molecule has 0 aliphatic carbocycles. The molecule has 2 rings (SSSR count). The van der Waals surface area contributed by atoms with Gasteiger partial charge in [-0.15, -0.1) is 0 Å². The van der Waals surface area contributed by atoms with Crippen molar-refractivity contribution in [2.45, 2.75) is 19.5 Å². The van der Waals surface area contributed by atoms with Gasteiger partial charge in [-0.3, -0.25) is 4.57 Å². The first kappa shape index (κ1) is 12.6. The van der Waals surface area contributed by atoms with Crippen molar-refractivity contribution in [2.24, 2.45) is 7.05 Å². The lowest BCUT2D eigenvalue weighted by molar-refractivity contribution is 0.455. The molecule has 2 aromatic rings. The maximum atomic E-state index is 11.7. The second kappa shape index (κ2) is 5.18. The fourth-order valence-corrected chi connectivity index (χ4v) is 1.88. The van der Waals surface area contributed by atoms with Crippen molar-refractivity contribution in [3.8, 4) is 0 Å². The average Bonchev–Trinajstić information content (AvgIpc) is 2.69. The summed E-state index contributed by atoms with van der Waals surface area (Å²) in [6.07, 6.45) is 1.53. The zero-order valence-corrected chi connectivity index (χ0v) is 10.9. The molecule has 0 spiro atoms. The molecule has 1 aromatic heterocycles. The van der Waals surface area contributed by atoms with E-state index in [4.69, 9.17) is 0 Å². The summed E-state index contributed by atoms with van der Waals surface area (Å²) in [4.78, 5) is 11.7. The summed E-state index contributed by atoms with van der Waals surface area (Å²) in [5.41, 5.74) is 2.28. The normalized spacial score (nSPS) is 12.6. The van der Waals surface area contributed by atoms with Crippen LogP contribution in [0.1, 0.15) is 17.2 Å². The van der Waals surface area contributed by atoms with E-state index in [0.717, 1.165) is 5.56 Å². The Morgan fingerprint density at radius 2 is 2.00 bits per heavy atom. The van der Waals surface area contributed by atoms with E-state index in [1.54, 1.807) is 7.05 Å². The van der Waals surface area contributed by atoms with Crippen LogP contribution in [0.25, 0.3) is 0 Å². The Morgan fingerprint density at radius 1 is 1.33 bits per heavy atom. The number of aryl methyl sites for hydroxylation is 2. The van der Waals surface area contributed by atoms with E-state index in [-0.39, 0.29) is 11.7 Å². The van der Waals surface area contributed by atoms with Crippen LogP contribution >= 0.6 is 0 Å². The first-order valence-electron chi connectivity index (χ1n) is 5.94. The molecular formula is C13H18N4O. The molecular weight excluding hydrogens is 228 g/mol. The molecule has 18 heavy (non-hydrogen) atoms. The predicted octanol–water partition coefficient (Wildman–Crippen LogP) is 0.851. The summed E-state index contributed by atoms with van der Waals surface area (Å²) in [5.74, 6) is 0. The van der Waals surface area contributed by atoms with E-state index < -0.39 is 0 Å². The van der Waals surface area contributed by atoms with Gasteiger partial charge in [-0.05, 0) is 19.5 Å². The lowest BCUT2D eigenvalue weighted by Gasteiger charge is -2.16. The van der Waals surface area contributed by atoms with E-state index in [0.29, 0.717) is 6.54 Å². The molecule has 1 heterocycles. The van der Waals surface area contributed by atoms with E-state index >= 15 is 0 Å². The molecule has 96 valence electrons. The SMILES string of the molecule is CNC(Cn1ncn(C)c1=O)c1ccc(C)cc1. The average molecular weight is 246 g/mol. The van der Waals surface area contributed by atoms with Crippen molar-refractivity contribution in [3.63, 3.8) is 0 Å². The number of aromatic nitrogens is 3. The van der Waals surface area contributed by atoms with E-state index in [1.807, 2.05) is 7.05 Å². The third-order valence-corrected chi connectivity index (χ3v) is 3.07. The maximum absolute atomic E-state index is 11.7. The molecule has 1 N–H and O–H groups in total. The molecule has 0 saturated carbocycles. The van der Waals surface area contributed by atoms with Gasteiger partial charge in [0.05, 0.1) is 12.6 Å². The van der Waals surface area contributed by atoms with Gasteiger partial charge in [0.1, 0.15) is 6.33 Å². The molecule has 0 aliphatic heterocycles. The molecule has 0 fully saturated rings. The number of rotatable bonds is 4.